The lowest BCUT2D eigenvalue weighted by atomic mass is 10.1. The van der Waals surface area contributed by atoms with Crippen LogP contribution in [-0.2, 0) is 28.5 Å². The van der Waals surface area contributed by atoms with Crippen molar-refractivity contribution in [1.82, 2.24) is 0 Å². The molecule has 0 spiro atoms. The van der Waals surface area contributed by atoms with Gasteiger partial charge < -0.3 is 24.1 Å². The molecule has 1 aliphatic heterocycles. The third-order valence-corrected chi connectivity index (χ3v) is 3.50. The fourth-order valence-corrected chi connectivity index (χ4v) is 2.23. The lowest BCUT2D eigenvalue weighted by Crippen LogP contribution is -2.50. The first-order chi connectivity index (χ1) is 11.0. The van der Waals surface area contributed by atoms with Gasteiger partial charge in [-0.3, -0.25) is 9.59 Å². The molecule has 1 saturated heterocycles. The molecule has 0 amide bonds. The van der Waals surface area contributed by atoms with Gasteiger partial charge >= 0.3 is 11.9 Å². The number of unbranched alkanes of at least 4 members (excludes halogenated alkanes) is 1. The molecule has 1 aliphatic rings. The molecule has 1 rings (SSSR count). The molecule has 1 fully saturated rings. The van der Waals surface area contributed by atoms with E-state index >= 15 is 0 Å². The minimum atomic E-state index is -1.97. The van der Waals surface area contributed by atoms with Crippen LogP contribution in [0.4, 0.5) is 0 Å². The molecule has 0 aromatic rings. The summed E-state index contributed by atoms with van der Waals surface area (Å²) in [5, 5.41) is 10.7. The van der Waals surface area contributed by atoms with Gasteiger partial charge in [0.05, 0.1) is 13.2 Å². The zero-order valence-electron chi connectivity index (χ0n) is 14.0. The second-order valence-electron chi connectivity index (χ2n) is 5.52. The van der Waals surface area contributed by atoms with Gasteiger partial charge in [-0.2, -0.15) is 0 Å². The predicted octanol–water partition coefficient (Wildman–Crippen LogP) is 1.90. The van der Waals surface area contributed by atoms with Gasteiger partial charge in [0.1, 0.15) is 0 Å². The van der Waals surface area contributed by atoms with Gasteiger partial charge in [-0.05, 0) is 26.2 Å². The predicted molar refractivity (Wildman–Crippen MR) is 81.4 cm³/mol. The van der Waals surface area contributed by atoms with Crippen LogP contribution in [-0.4, -0.2) is 48.9 Å². The van der Waals surface area contributed by atoms with E-state index in [9.17, 15) is 14.7 Å². The van der Waals surface area contributed by atoms with Crippen molar-refractivity contribution in [1.29, 1.82) is 0 Å². The van der Waals surface area contributed by atoms with E-state index in [1.807, 2.05) is 13.8 Å². The number of cyclic esters (lactones) is 2. The van der Waals surface area contributed by atoms with Crippen molar-refractivity contribution in [3.63, 3.8) is 0 Å². The Kier molecular flexibility index (Phi) is 9.13. The summed E-state index contributed by atoms with van der Waals surface area (Å²) in [7, 11) is 0. The number of carbonyl (C=O) groups excluding carboxylic acids is 2. The van der Waals surface area contributed by atoms with Crippen LogP contribution in [0, 0.1) is 0 Å². The number of ether oxygens (including phenoxy) is 4. The molecule has 0 radical (unpaired) electrons. The van der Waals surface area contributed by atoms with Crippen LogP contribution in [0.5, 0.6) is 0 Å². The van der Waals surface area contributed by atoms with Crippen LogP contribution in [0.15, 0.2) is 0 Å². The Hall–Kier alpha value is -1.18. The summed E-state index contributed by atoms with van der Waals surface area (Å²) in [4.78, 5) is 23.7. The average Bonchev–Trinajstić information content (AvgIpc) is 2.52. The van der Waals surface area contributed by atoms with E-state index in [4.69, 9.17) is 18.9 Å². The molecule has 134 valence electrons. The van der Waals surface area contributed by atoms with E-state index in [2.05, 4.69) is 0 Å². The molecule has 2 unspecified atom stereocenters. The fourth-order valence-electron chi connectivity index (χ4n) is 2.23. The van der Waals surface area contributed by atoms with Crippen LogP contribution in [0.25, 0.3) is 0 Å². The van der Waals surface area contributed by atoms with Crippen LogP contribution in [0.1, 0.15) is 58.8 Å². The summed E-state index contributed by atoms with van der Waals surface area (Å²) in [6.45, 7) is 4.74. The summed E-state index contributed by atoms with van der Waals surface area (Å²) in [5.41, 5.74) is 0. The Balaban J connectivity index is 2.83. The van der Waals surface area contributed by atoms with Gasteiger partial charge in [0.15, 0.2) is 0 Å². The molecule has 0 aliphatic carbocycles. The summed E-state index contributed by atoms with van der Waals surface area (Å²) in [5.74, 6) is -2.95. The van der Waals surface area contributed by atoms with E-state index in [1.54, 1.807) is 0 Å². The second-order valence-corrected chi connectivity index (χ2v) is 5.52. The minimum absolute atomic E-state index is 0.123. The highest BCUT2D eigenvalue weighted by Crippen LogP contribution is 2.27. The Morgan fingerprint density at radius 2 is 1.87 bits per heavy atom. The zero-order valence-corrected chi connectivity index (χ0v) is 14.0. The van der Waals surface area contributed by atoms with Crippen molar-refractivity contribution in [3.8, 4) is 0 Å². The highest BCUT2D eigenvalue weighted by molar-refractivity contribution is 5.71. The smallest absolute Gasteiger partial charge is 0.308 e. The van der Waals surface area contributed by atoms with Crippen molar-refractivity contribution in [2.45, 2.75) is 70.9 Å². The molecule has 1 N–H and O–H groups in total. The van der Waals surface area contributed by atoms with Crippen LogP contribution < -0.4 is 0 Å². The number of aliphatic hydroxyl groups is 1. The first kappa shape index (κ1) is 19.9. The number of hydrogen-bond acceptors (Lipinski definition) is 7. The lowest BCUT2D eigenvalue weighted by molar-refractivity contribution is -0.319. The average molecular weight is 332 g/mol. The normalized spacial score (nSPS) is 26.5. The van der Waals surface area contributed by atoms with E-state index in [-0.39, 0.29) is 25.9 Å². The lowest BCUT2D eigenvalue weighted by Gasteiger charge is -2.35. The maximum Gasteiger partial charge on any atom is 0.308 e. The summed E-state index contributed by atoms with van der Waals surface area (Å²) >= 11 is 0. The standard InChI is InChI=1S/C16H28O7/c1-3-5-10-16(19)15(21-12-11-20-4-2)22-13(17)8-6-7-9-14(18)23-16/h15,19H,3-12H2,1-2H3. The van der Waals surface area contributed by atoms with Crippen molar-refractivity contribution in [3.05, 3.63) is 0 Å². The van der Waals surface area contributed by atoms with Gasteiger partial charge in [0, 0.05) is 25.9 Å². The number of carbonyl (C=O) groups is 2. The summed E-state index contributed by atoms with van der Waals surface area (Å²) in [6, 6.07) is 0. The van der Waals surface area contributed by atoms with Gasteiger partial charge in [0.25, 0.3) is 12.1 Å². The number of esters is 2. The van der Waals surface area contributed by atoms with E-state index in [0.717, 1.165) is 6.42 Å². The molecule has 0 bridgehead atoms. The molecule has 0 aromatic heterocycles. The Labute approximate surface area is 137 Å². The van der Waals surface area contributed by atoms with Gasteiger partial charge in [-0.1, -0.05) is 13.3 Å². The van der Waals surface area contributed by atoms with Crippen LogP contribution >= 0.6 is 0 Å². The quantitative estimate of drug-likeness (QED) is 0.536. The first-order valence-corrected chi connectivity index (χ1v) is 8.35. The molecule has 0 aromatic carbocycles. The molecular formula is C16H28O7. The van der Waals surface area contributed by atoms with E-state index in [0.29, 0.717) is 32.5 Å². The topological polar surface area (TPSA) is 91.3 Å². The van der Waals surface area contributed by atoms with Gasteiger partial charge in [-0.25, -0.2) is 0 Å². The summed E-state index contributed by atoms with van der Waals surface area (Å²) < 4.78 is 21.1. The number of hydrogen-bond donors (Lipinski definition) is 1. The van der Waals surface area contributed by atoms with Crippen LogP contribution in [0.2, 0.25) is 0 Å². The third-order valence-electron chi connectivity index (χ3n) is 3.50. The molecular weight excluding hydrogens is 304 g/mol. The van der Waals surface area contributed by atoms with E-state index < -0.39 is 24.0 Å². The summed E-state index contributed by atoms with van der Waals surface area (Å²) in [6.07, 6.45) is 1.59. The Morgan fingerprint density at radius 1 is 1.17 bits per heavy atom. The highest BCUT2D eigenvalue weighted by atomic mass is 16.8. The monoisotopic (exact) mass is 332 g/mol. The van der Waals surface area contributed by atoms with Crippen molar-refractivity contribution in [2.75, 3.05) is 19.8 Å². The van der Waals surface area contributed by atoms with Gasteiger partial charge in [-0.15, -0.1) is 0 Å². The SMILES string of the molecule is CCCCC1(O)OC(=O)CCCCC(=O)OC1OCCOCC. The maximum atomic E-state index is 11.9. The highest BCUT2D eigenvalue weighted by Gasteiger charge is 2.44. The zero-order chi connectivity index (χ0) is 17.1. The Morgan fingerprint density at radius 3 is 2.52 bits per heavy atom. The first-order valence-electron chi connectivity index (χ1n) is 8.35. The van der Waals surface area contributed by atoms with Crippen molar-refractivity contribution in [2.24, 2.45) is 0 Å². The molecule has 2 atom stereocenters. The largest absolute Gasteiger partial charge is 0.428 e. The van der Waals surface area contributed by atoms with Gasteiger partial charge in [0.2, 0.25) is 0 Å². The second kappa shape index (κ2) is 10.6. The number of rotatable bonds is 8. The molecule has 23 heavy (non-hydrogen) atoms. The van der Waals surface area contributed by atoms with Crippen molar-refractivity contribution >= 4 is 11.9 Å². The van der Waals surface area contributed by atoms with Crippen molar-refractivity contribution < 1.29 is 33.6 Å². The molecule has 7 nitrogen and oxygen atoms in total. The van der Waals surface area contributed by atoms with Crippen LogP contribution in [0.3, 0.4) is 0 Å². The maximum absolute atomic E-state index is 11.9. The fraction of sp³-hybridized carbons (Fsp3) is 0.875. The molecule has 0 saturated carbocycles. The Bertz CT molecular complexity index is 371. The third kappa shape index (κ3) is 7.28. The minimum Gasteiger partial charge on any atom is -0.428 e. The molecule has 7 heteroatoms. The molecule has 1 heterocycles. The van der Waals surface area contributed by atoms with E-state index in [1.165, 1.54) is 0 Å².